The van der Waals surface area contributed by atoms with E-state index in [1.165, 1.54) is 5.56 Å². The van der Waals surface area contributed by atoms with E-state index >= 15 is 0 Å². The highest BCUT2D eigenvalue weighted by Crippen LogP contribution is 2.09. The zero-order valence-electron chi connectivity index (χ0n) is 12.7. The van der Waals surface area contributed by atoms with Gasteiger partial charge in [-0.25, -0.2) is 4.98 Å². The molecule has 0 amide bonds. The van der Waals surface area contributed by atoms with Crippen LogP contribution in [0.5, 0.6) is 0 Å². The van der Waals surface area contributed by atoms with E-state index in [0.29, 0.717) is 12.5 Å². The van der Waals surface area contributed by atoms with Crippen LogP contribution in [0.15, 0.2) is 35.1 Å². The lowest BCUT2D eigenvalue weighted by molar-refractivity contribution is 0.619. The standard InChI is InChI=1S/C17H22N4O/c22-16-14-9-11-18-12-15(14)20-17(21-16)19-10-5-4-8-13-6-2-1-3-7-13/h1-3,6-7,18H,4-5,8-12H2,(H2,19,20,21,22). The van der Waals surface area contributed by atoms with Crippen LogP contribution in [0.1, 0.15) is 29.7 Å². The lowest BCUT2D eigenvalue weighted by atomic mass is 10.1. The molecule has 1 aliphatic rings. The Balaban J connectivity index is 1.48. The summed E-state index contributed by atoms with van der Waals surface area (Å²) in [5, 5.41) is 6.47. The van der Waals surface area contributed by atoms with Crippen molar-refractivity contribution in [3.63, 3.8) is 0 Å². The third-order valence-corrected chi connectivity index (χ3v) is 3.97. The first-order valence-corrected chi connectivity index (χ1v) is 7.93. The van der Waals surface area contributed by atoms with E-state index in [1.54, 1.807) is 0 Å². The second kappa shape index (κ2) is 7.22. The second-order valence-electron chi connectivity index (χ2n) is 5.64. The largest absolute Gasteiger partial charge is 0.356 e. The summed E-state index contributed by atoms with van der Waals surface area (Å²) in [5.41, 5.74) is 3.07. The fraction of sp³-hybridized carbons (Fsp3) is 0.412. The smallest absolute Gasteiger partial charge is 0.255 e. The summed E-state index contributed by atoms with van der Waals surface area (Å²) in [4.78, 5) is 19.3. The molecule has 5 heteroatoms. The van der Waals surface area contributed by atoms with Gasteiger partial charge in [-0.2, -0.15) is 0 Å². The summed E-state index contributed by atoms with van der Waals surface area (Å²) in [5.74, 6) is 0.590. The predicted molar refractivity (Wildman–Crippen MR) is 88.1 cm³/mol. The van der Waals surface area contributed by atoms with Crippen molar-refractivity contribution in [1.82, 2.24) is 15.3 Å². The van der Waals surface area contributed by atoms with Crippen LogP contribution >= 0.6 is 0 Å². The number of benzene rings is 1. The molecule has 0 fully saturated rings. The zero-order valence-corrected chi connectivity index (χ0v) is 12.7. The molecule has 5 nitrogen and oxygen atoms in total. The number of nitrogens with zero attached hydrogens (tertiary/aromatic N) is 1. The molecule has 3 rings (SSSR count). The molecule has 2 aromatic rings. The molecular weight excluding hydrogens is 276 g/mol. The molecule has 0 saturated carbocycles. The fourth-order valence-corrected chi connectivity index (χ4v) is 2.76. The molecule has 0 bridgehead atoms. The van der Waals surface area contributed by atoms with Gasteiger partial charge in [-0.15, -0.1) is 0 Å². The zero-order chi connectivity index (χ0) is 15.2. The number of aromatic nitrogens is 2. The van der Waals surface area contributed by atoms with Crippen molar-refractivity contribution < 1.29 is 0 Å². The van der Waals surface area contributed by atoms with Gasteiger partial charge in [0.1, 0.15) is 0 Å². The third kappa shape index (κ3) is 3.74. The number of H-pyrrole nitrogens is 1. The minimum absolute atomic E-state index is 0.00159. The Morgan fingerprint density at radius 1 is 1.18 bits per heavy atom. The van der Waals surface area contributed by atoms with E-state index in [2.05, 4.69) is 44.9 Å². The van der Waals surface area contributed by atoms with Gasteiger partial charge in [-0.3, -0.25) is 9.78 Å². The normalized spacial score (nSPS) is 13.6. The maximum Gasteiger partial charge on any atom is 0.255 e. The number of nitrogens with one attached hydrogen (secondary N) is 3. The lowest BCUT2D eigenvalue weighted by Gasteiger charge is -2.16. The van der Waals surface area contributed by atoms with Crippen LogP contribution in [-0.4, -0.2) is 23.1 Å². The first-order valence-electron chi connectivity index (χ1n) is 7.93. The Morgan fingerprint density at radius 3 is 2.91 bits per heavy atom. The van der Waals surface area contributed by atoms with Crippen molar-refractivity contribution in [2.45, 2.75) is 32.2 Å². The van der Waals surface area contributed by atoms with Crippen molar-refractivity contribution in [1.29, 1.82) is 0 Å². The third-order valence-electron chi connectivity index (χ3n) is 3.97. The number of fused-ring (bicyclic) bond motifs is 1. The topological polar surface area (TPSA) is 69.8 Å². The van der Waals surface area contributed by atoms with Crippen LogP contribution < -0.4 is 16.2 Å². The highest BCUT2D eigenvalue weighted by molar-refractivity contribution is 5.31. The Kier molecular flexibility index (Phi) is 4.85. The van der Waals surface area contributed by atoms with Gasteiger partial charge in [0.2, 0.25) is 5.95 Å². The maximum atomic E-state index is 12.0. The average Bonchev–Trinajstić information content (AvgIpc) is 2.56. The van der Waals surface area contributed by atoms with Crippen LogP contribution in [-0.2, 0) is 19.4 Å². The summed E-state index contributed by atoms with van der Waals surface area (Å²) < 4.78 is 0. The Morgan fingerprint density at radius 2 is 2.05 bits per heavy atom. The Hall–Kier alpha value is -2.14. The molecule has 1 aromatic heterocycles. The first-order chi connectivity index (χ1) is 10.8. The number of aryl methyl sites for hydroxylation is 1. The van der Waals surface area contributed by atoms with E-state index < -0.39 is 0 Å². The maximum absolute atomic E-state index is 12.0. The molecule has 0 atom stereocenters. The van der Waals surface area contributed by atoms with Crippen molar-refractivity contribution in [3.05, 3.63) is 57.5 Å². The van der Waals surface area contributed by atoms with Crippen LogP contribution in [0.25, 0.3) is 0 Å². The van der Waals surface area contributed by atoms with Gasteiger partial charge in [0, 0.05) is 18.7 Å². The van der Waals surface area contributed by atoms with Crippen molar-refractivity contribution in [2.24, 2.45) is 0 Å². The number of rotatable bonds is 6. The summed E-state index contributed by atoms with van der Waals surface area (Å²) in [6.45, 7) is 2.36. The Bertz CT molecular complexity index is 666. The molecule has 0 saturated heterocycles. The molecule has 1 aromatic carbocycles. The molecule has 0 aliphatic carbocycles. The van der Waals surface area contributed by atoms with Gasteiger partial charge >= 0.3 is 0 Å². The van der Waals surface area contributed by atoms with Crippen molar-refractivity contribution in [2.75, 3.05) is 18.4 Å². The van der Waals surface area contributed by atoms with Gasteiger partial charge < -0.3 is 10.6 Å². The van der Waals surface area contributed by atoms with Crippen LogP contribution in [0.4, 0.5) is 5.95 Å². The van der Waals surface area contributed by atoms with E-state index in [0.717, 1.165) is 50.0 Å². The lowest BCUT2D eigenvalue weighted by Crippen LogP contribution is -2.31. The van der Waals surface area contributed by atoms with E-state index in [1.807, 2.05) is 6.07 Å². The first kappa shape index (κ1) is 14.8. The molecule has 0 spiro atoms. The minimum Gasteiger partial charge on any atom is -0.356 e. The van der Waals surface area contributed by atoms with E-state index in [-0.39, 0.29) is 5.56 Å². The van der Waals surface area contributed by atoms with Crippen LogP contribution in [0.3, 0.4) is 0 Å². The molecule has 3 N–H and O–H groups in total. The second-order valence-corrected chi connectivity index (χ2v) is 5.64. The van der Waals surface area contributed by atoms with Crippen LogP contribution in [0, 0.1) is 0 Å². The number of aromatic amines is 1. The quantitative estimate of drug-likeness (QED) is 0.712. The van der Waals surface area contributed by atoms with Crippen molar-refractivity contribution >= 4 is 5.95 Å². The molecule has 2 heterocycles. The van der Waals surface area contributed by atoms with Gasteiger partial charge in [0.25, 0.3) is 5.56 Å². The minimum atomic E-state index is -0.00159. The molecular formula is C17H22N4O. The van der Waals surface area contributed by atoms with Gasteiger partial charge in [0.05, 0.1) is 5.69 Å². The van der Waals surface area contributed by atoms with Crippen molar-refractivity contribution in [3.8, 4) is 0 Å². The van der Waals surface area contributed by atoms with E-state index in [4.69, 9.17) is 0 Å². The van der Waals surface area contributed by atoms with E-state index in [9.17, 15) is 4.79 Å². The number of hydrogen-bond acceptors (Lipinski definition) is 4. The summed E-state index contributed by atoms with van der Waals surface area (Å²) in [6, 6.07) is 10.5. The van der Waals surface area contributed by atoms with Crippen LogP contribution in [0.2, 0.25) is 0 Å². The highest BCUT2D eigenvalue weighted by atomic mass is 16.1. The predicted octanol–water partition coefficient (Wildman–Crippen LogP) is 1.85. The average molecular weight is 298 g/mol. The number of unbranched alkanes of at least 4 members (excludes halogenated alkanes) is 1. The SMILES string of the molecule is O=c1[nH]c(NCCCCc2ccccc2)nc2c1CCNC2. The number of hydrogen-bond donors (Lipinski definition) is 3. The molecule has 0 radical (unpaired) electrons. The molecule has 0 unspecified atom stereocenters. The molecule has 116 valence electrons. The summed E-state index contributed by atoms with van der Waals surface area (Å²) in [7, 11) is 0. The highest BCUT2D eigenvalue weighted by Gasteiger charge is 2.14. The monoisotopic (exact) mass is 298 g/mol. The number of anilines is 1. The summed E-state index contributed by atoms with van der Waals surface area (Å²) >= 11 is 0. The summed E-state index contributed by atoms with van der Waals surface area (Å²) in [6.07, 6.45) is 4.01. The van der Waals surface area contributed by atoms with Gasteiger partial charge in [-0.05, 0) is 37.8 Å². The molecule has 22 heavy (non-hydrogen) atoms. The van der Waals surface area contributed by atoms with Gasteiger partial charge in [0.15, 0.2) is 0 Å². The fourth-order valence-electron chi connectivity index (χ4n) is 2.76. The Labute approximate surface area is 130 Å². The van der Waals surface area contributed by atoms with Gasteiger partial charge in [-0.1, -0.05) is 30.3 Å². The molecule has 1 aliphatic heterocycles.